The van der Waals surface area contributed by atoms with Crippen molar-refractivity contribution < 1.29 is 50.5 Å². The molecule has 13 heteroatoms. The van der Waals surface area contributed by atoms with E-state index in [0.29, 0.717) is 22.5 Å². The Morgan fingerprint density at radius 1 is 0.780 bits per heavy atom. The molecule has 0 unspecified atom stereocenters. The maximum atomic E-state index is 12.9. The van der Waals surface area contributed by atoms with Crippen LogP contribution in [0.2, 0.25) is 0 Å². The number of carbonyl (C=O) groups excluding carboxylic acids is 3. The quantitative estimate of drug-likeness (QED) is 0.103. The molecule has 0 aliphatic rings. The Hall–Kier alpha value is -4.94. The van der Waals surface area contributed by atoms with E-state index < -0.39 is 42.8 Å². The van der Waals surface area contributed by atoms with E-state index in [2.05, 4.69) is 0 Å². The summed E-state index contributed by atoms with van der Waals surface area (Å²) in [5.41, 5.74) is 13.6. The van der Waals surface area contributed by atoms with Gasteiger partial charge in [-0.1, -0.05) is 12.1 Å². The molecule has 0 aromatic heterocycles. The van der Waals surface area contributed by atoms with Crippen LogP contribution in [0.3, 0.4) is 0 Å². The van der Waals surface area contributed by atoms with Crippen LogP contribution in [-0.2, 0) is 20.9 Å². The second-order valence-corrected chi connectivity index (χ2v) is 8.61. The van der Waals surface area contributed by atoms with Crippen molar-refractivity contribution in [3.8, 4) is 11.5 Å². The number of ether oxygens (including phenoxy) is 3. The Bertz CT molecular complexity index is 1400. The molecule has 8 nitrogen and oxygen atoms in total. The molecule has 216 valence electrons. The summed E-state index contributed by atoms with van der Waals surface area (Å²) < 4.78 is 77.6. The third-order valence-electron chi connectivity index (χ3n) is 5.30. The highest BCUT2D eigenvalue weighted by molar-refractivity contribution is 5.91. The van der Waals surface area contributed by atoms with E-state index in [0.717, 1.165) is 12.1 Å². The van der Waals surface area contributed by atoms with Gasteiger partial charge in [-0.25, -0.2) is 9.59 Å². The summed E-state index contributed by atoms with van der Waals surface area (Å²) >= 11 is 0. The number of nitrogen functional groups attached to an aromatic ring is 2. The highest BCUT2D eigenvalue weighted by atomic mass is 19.4. The smallest absolute Gasteiger partial charge is 0.453 e. The molecule has 0 amide bonds. The normalized spacial score (nSPS) is 11.7. The van der Waals surface area contributed by atoms with E-state index in [4.69, 9.17) is 25.7 Å². The molecule has 0 bridgehead atoms. The lowest BCUT2D eigenvalue weighted by molar-refractivity contribution is -0.284. The molecule has 3 aromatic rings. The van der Waals surface area contributed by atoms with Gasteiger partial charge >= 0.3 is 30.0 Å². The predicted molar refractivity (Wildman–Crippen MR) is 138 cm³/mol. The maximum absolute atomic E-state index is 12.9. The van der Waals surface area contributed by atoms with Gasteiger partial charge < -0.3 is 25.7 Å². The van der Waals surface area contributed by atoms with Gasteiger partial charge in [0.05, 0.1) is 12.0 Å². The SMILES string of the molecule is Nc1cc(N)cc(COC(=O)/C=C/c2ccc(OC(=O)c3ccc(OC(=O)CCC(F)(F)C(F)(F)F)cc3)cc2)c1. The number of carbonyl (C=O) groups is 3. The lowest BCUT2D eigenvalue weighted by atomic mass is 10.2. The van der Waals surface area contributed by atoms with Crippen LogP contribution in [0.5, 0.6) is 11.5 Å². The molecule has 3 rings (SSSR count). The molecule has 0 fully saturated rings. The van der Waals surface area contributed by atoms with Crippen molar-refractivity contribution in [2.24, 2.45) is 0 Å². The summed E-state index contributed by atoms with van der Waals surface area (Å²) in [5.74, 6) is -7.67. The Morgan fingerprint density at radius 3 is 1.93 bits per heavy atom. The largest absolute Gasteiger partial charge is 0.458 e. The van der Waals surface area contributed by atoms with E-state index in [9.17, 15) is 36.3 Å². The van der Waals surface area contributed by atoms with Gasteiger partial charge in [0, 0.05) is 23.9 Å². The fourth-order valence-electron chi connectivity index (χ4n) is 3.25. The van der Waals surface area contributed by atoms with Crippen LogP contribution in [0, 0.1) is 0 Å². The second-order valence-electron chi connectivity index (χ2n) is 8.61. The van der Waals surface area contributed by atoms with Gasteiger partial charge in [-0.15, -0.1) is 0 Å². The first-order valence-electron chi connectivity index (χ1n) is 11.8. The van der Waals surface area contributed by atoms with Crippen molar-refractivity contribution >= 4 is 35.4 Å². The summed E-state index contributed by atoms with van der Waals surface area (Å²) in [6.07, 6.45) is -5.98. The number of alkyl halides is 5. The molecule has 0 aliphatic heterocycles. The number of halogens is 5. The Kier molecular flexibility index (Phi) is 9.66. The van der Waals surface area contributed by atoms with E-state index >= 15 is 0 Å². The maximum Gasteiger partial charge on any atom is 0.453 e. The number of esters is 3. The molecule has 0 atom stereocenters. The van der Waals surface area contributed by atoms with Crippen molar-refractivity contribution in [2.75, 3.05) is 11.5 Å². The van der Waals surface area contributed by atoms with Gasteiger partial charge in [-0.05, 0) is 71.8 Å². The van der Waals surface area contributed by atoms with Crippen molar-refractivity contribution in [3.05, 3.63) is 89.5 Å². The third kappa shape index (κ3) is 9.34. The minimum absolute atomic E-state index is 0.0163. The van der Waals surface area contributed by atoms with E-state index in [1.54, 1.807) is 30.3 Å². The summed E-state index contributed by atoms with van der Waals surface area (Å²) in [6, 6.07) is 15.7. The Morgan fingerprint density at radius 2 is 1.34 bits per heavy atom. The van der Waals surface area contributed by atoms with Gasteiger partial charge in [-0.3, -0.25) is 4.79 Å². The molecule has 0 spiro atoms. The Labute approximate surface area is 230 Å². The van der Waals surface area contributed by atoms with Crippen LogP contribution < -0.4 is 20.9 Å². The van der Waals surface area contributed by atoms with Crippen molar-refractivity contribution in [3.63, 3.8) is 0 Å². The highest BCUT2D eigenvalue weighted by Crippen LogP contribution is 2.38. The molecule has 0 heterocycles. The van der Waals surface area contributed by atoms with Gasteiger partial charge in [0.1, 0.15) is 18.1 Å². The van der Waals surface area contributed by atoms with E-state index in [-0.39, 0.29) is 23.7 Å². The molecule has 41 heavy (non-hydrogen) atoms. The number of hydrogen-bond acceptors (Lipinski definition) is 8. The van der Waals surface area contributed by atoms with Gasteiger partial charge in [0.2, 0.25) is 0 Å². The van der Waals surface area contributed by atoms with Crippen LogP contribution in [0.4, 0.5) is 33.3 Å². The van der Waals surface area contributed by atoms with Gasteiger partial charge in [0.15, 0.2) is 0 Å². The minimum Gasteiger partial charge on any atom is -0.458 e. The fraction of sp³-hybridized carbons (Fsp3) is 0.179. The first kappa shape index (κ1) is 30.6. The molecule has 0 aliphatic carbocycles. The van der Waals surface area contributed by atoms with Crippen molar-refractivity contribution in [1.82, 2.24) is 0 Å². The fourth-order valence-corrected chi connectivity index (χ4v) is 3.25. The number of nitrogens with two attached hydrogens (primary N) is 2. The van der Waals surface area contributed by atoms with Crippen molar-refractivity contribution in [1.29, 1.82) is 0 Å². The molecular weight excluding hydrogens is 555 g/mol. The molecular formula is C28H23F5N2O6. The molecule has 0 saturated heterocycles. The molecule has 0 radical (unpaired) electrons. The van der Waals surface area contributed by atoms with Crippen LogP contribution in [-0.4, -0.2) is 30.0 Å². The first-order valence-corrected chi connectivity index (χ1v) is 11.8. The Balaban J connectivity index is 1.47. The summed E-state index contributed by atoms with van der Waals surface area (Å²) in [6.45, 7) is -0.0163. The lowest BCUT2D eigenvalue weighted by Crippen LogP contribution is -2.37. The summed E-state index contributed by atoms with van der Waals surface area (Å²) in [5, 5.41) is 0. The minimum atomic E-state index is -5.77. The van der Waals surface area contributed by atoms with E-state index in [1.165, 1.54) is 36.4 Å². The highest BCUT2D eigenvalue weighted by Gasteiger charge is 2.57. The standard InChI is InChI=1S/C28H23F5N2O6/c29-27(30,28(31,32)33)12-11-25(37)40-22-8-4-19(5-9-22)26(38)41-23-6-1-17(2-7-23)3-10-24(36)39-16-18-13-20(34)15-21(35)14-18/h1-10,13-15H,11-12,16,34-35H2/b10-3+. The second kappa shape index (κ2) is 12.9. The van der Waals surface area contributed by atoms with Crippen LogP contribution in [0.15, 0.2) is 72.8 Å². The number of hydrogen-bond donors (Lipinski definition) is 2. The number of rotatable bonds is 10. The molecule has 3 aromatic carbocycles. The zero-order chi connectivity index (χ0) is 30.2. The van der Waals surface area contributed by atoms with Gasteiger partial charge in [-0.2, -0.15) is 22.0 Å². The predicted octanol–water partition coefficient (Wildman–Crippen LogP) is 5.71. The zero-order valence-corrected chi connectivity index (χ0v) is 21.1. The van der Waals surface area contributed by atoms with Crippen LogP contribution in [0.25, 0.3) is 6.08 Å². The zero-order valence-electron chi connectivity index (χ0n) is 21.1. The lowest BCUT2D eigenvalue weighted by Gasteiger charge is -2.18. The number of benzene rings is 3. The number of anilines is 2. The average molecular weight is 578 g/mol. The first-order chi connectivity index (χ1) is 19.2. The topological polar surface area (TPSA) is 131 Å². The summed E-state index contributed by atoms with van der Waals surface area (Å²) in [7, 11) is 0. The summed E-state index contributed by atoms with van der Waals surface area (Å²) in [4.78, 5) is 36.0. The van der Waals surface area contributed by atoms with Crippen LogP contribution in [0.1, 0.15) is 34.3 Å². The average Bonchev–Trinajstić information content (AvgIpc) is 2.89. The van der Waals surface area contributed by atoms with Crippen molar-refractivity contribution in [2.45, 2.75) is 31.5 Å². The third-order valence-corrected chi connectivity index (χ3v) is 5.30. The molecule has 4 N–H and O–H groups in total. The monoisotopic (exact) mass is 578 g/mol. The molecule has 0 saturated carbocycles. The van der Waals surface area contributed by atoms with Gasteiger partial charge in [0.25, 0.3) is 0 Å². The van der Waals surface area contributed by atoms with E-state index in [1.807, 2.05) is 0 Å². The van der Waals surface area contributed by atoms with Crippen LogP contribution >= 0.6 is 0 Å².